The number of nitrogens with one attached hydrogen (secondary N) is 1. The largest absolute Gasteiger partial charge is 0.368 e. The van der Waals surface area contributed by atoms with E-state index in [1.54, 1.807) is 12.1 Å². The molecule has 0 fully saturated rings. The predicted molar refractivity (Wildman–Crippen MR) is 82.4 cm³/mol. The lowest BCUT2D eigenvalue weighted by atomic mass is 10.0. The summed E-state index contributed by atoms with van der Waals surface area (Å²) in [6.45, 7) is 5.81. The normalized spacial score (nSPS) is 11.5. The van der Waals surface area contributed by atoms with E-state index < -0.39 is 11.9 Å². The number of carbonyl (C=O) groups excluding carboxylic acids is 2. The number of rotatable bonds is 4. The van der Waals surface area contributed by atoms with Gasteiger partial charge in [0.15, 0.2) is 0 Å². The molecule has 5 nitrogen and oxygen atoms in total. The van der Waals surface area contributed by atoms with Crippen molar-refractivity contribution >= 4 is 11.8 Å². The van der Waals surface area contributed by atoms with Crippen LogP contribution >= 0.6 is 0 Å². The molecular formula is C16H21N3O2. The Hall–Kier alpha value is -2.32. The zero-order valence-electron chi connectivity index (χ0n) is 12.6. The minimum absolute atomic E-state index is 0.0756. The van der Waals surface area contributed by atoms with Gasteiger partial charge >= 0.3 is 0 Å². The number of aryl methyl sites for hydroxylation is 1. The van der Waals surface area contributed by atoms with Gasteiger partial charge in [0, 0.05) is 11.1 Å². The smallest absolute Gasteiger partial charge is 0.251 e. The van der Waals surface area contributed by atoms with E-state index in [9.17, 15) is 9.59 Å². The van der Waals surface area contributed by atoms with Crippen molar-refractivity contribution in [3.05, 3.63) is 34.9 Å². The summed E-state index contributed by atoms with van der Waals surface area (Å²) in [7, 11) is 0. The van der Waals surface area contributed by atoms with E-state index in [-0.39, 0.29) is 18.4 Å². The second-order valence-electron chi connectivity index (χ2n) is 5.13. The molecule has 0 heterocycles. The van der Waals surface area contributed by atoms with Crippen LogP contribution in [0.5, 0.6) is 0 Å². The van der Waals surface area contributed by atoms with E-state index in [0.29, 0.717) is 5.56 Å². The first-order valence-corrected chi connectivity index (χ1v) is 6.76. The minimum atomic E-state index is -0.697. The molecule has 112 valence electrons. The average molecular weight is 287 g/mol. The van der Waals surface area contributed by atoms with Gasteiger partial charge in [0.2, 0.25) is 5.91 Å². The summed E-state index contributed by atoms with van der Waals surface area (Å²) in [5.74, 6) is 4.71. The molecule has 1 unspecified atom stereocenters. The van der Waals surface area contributed by atoms with Gasteiger partial charge in [-0.2, -0.15) is 0 Å². The zero-order chi connectivity index (χ0) is 16.0. The Bertz CT molecular complexity index is 597. The van der Waals surface area contributed by atoms with E-state index in [0.717, 1.165) is 11.1 Å². The summed E-state index contributed by atoms with van der Waals surface area (Å²) in [5.41, 5.74) is 12.8. The Morgan fingerprint density at radius 2 is 2.00 bits per heavy atom. The summed E-state index contributed by atoms with van der Waals surface area (Å²) in [6.07, 6.45) is 0. The highest BCUT2D eigenvalue weighted by molar-refractivity contribution is 5.97. The SMILES string of the molecule is Cc1ccc(C(=O)NC(C(N)=O)C(C)C)cc1C#CCN. The topological polar surface area (TPSA) is 98.2 Å². The molecule has 0 bridgehead atoms. The number of benzene rings is 1. The first-order chi connectivity index (χ1) is 9.86. The Balaban J connectivity index is 3.00. The first kappa shape index (κ1) is 16.7. The highest BCUT2D eigenvalue weighted by Crippen LogP contribution is 2.11. The minimum Gasteiger partial charge on any atom is -0.368 e. The highest BCUT2D eigenvalue weighted by Gasteiger charge is 2.22. The molecule has 0 aliphatic rings. The molecule has 0 saturated carbocycles. The van der Waals surface area contributed by atoms with E-state index >= 15 is 0 Å². The molecule has 1 atom stereocenters. The third kappa shape index (κ3) is 4.62. The fraction of sp³-hybridized carbons (Fsp3) is 0.375. The summed E-state index contributed by atoms with van der Waals surface area (Å²) >= 11 is 0. The Kier molecular flexibility index (Phi) is 5.94. The molecule has 0 aliphatic heterocycles. The van der Waals surface area contributed by atoms with Crippen LogP contribution in [0, 0.1) is 24.7 Å². The molecule has 0 aliphatic carbocycles. The van der Waals surface area contributed by atoms with Crippen molar-refractivity contribution in [3.8, 4) is 11.8 Å². The molecular weight excluding hydrogens is 266 g/mol. The van der Waals surface area contributed by atoms with Crippen molar-refractivity contribution in [3.63, 3.8) is 0 Å². The monoisotopic (exact) mass is 287 g/mol. The van der Waals surface area contributed by atoms with Crippen LogP contribution in [0.3, 0.4) is 0 Å². The third-order valence-corrected chi connectivity index (χ3v) is 3.08. The lowest BCUT2D eigenvalue weighted by molar-refractivity contribution is -0.120. The fourth-order valence-corrected chi connectivity index (χ4v) is 1.84. The summed E-state index contributed by atoms with van der Waals surface area (Å²) in [5, 5.41) is 2.65. The summed E-state index contributed by atoms with van der Waals surface area (Å²) in [4.78, 5) is 23.6. The maximum absolute atomic E-state index is 12.2. The highest BCUT2D eigenvalue weighted by atomic mass is 16.2. The maximum Gasteiger partial charge on any atom is 0.251 e. The third-order valence-electron chi connectivity index (χ3n) is 3.08. The lowest BCUT2D eigenvalue weighted by Gasteiger charge is -2.19. The van der Waals surface area contributed by atoms with Gasteiger partial charge in [-0.05, 0) is 30.5 Å². The first-order valence-electron chi connectivity index (χ1n) is 6.76. The van der Waals surface area contributed by atoms with Crippen LogP contribution in [0.4, 0.5) is 0 Å². The molecule has 0 saturated heterocycles. The van der Waals surface area contributed by atoms with Gasteiger partial charge < -0.3 is 16.8 Å². The van der Waals surface area contributed by atoms with Crippen molar-refractivity contribution in [2.24, 2.45) is 17.4 Å². The van der Waals surface area contributed by atoms with E-state index in [1.807, 2.05) is 26.8 Å². The number of carbonyl (C=O) groups is 2. The Labute approximate surface area is 125 Å². The lowest BCUT2D eigenvalue weighted by Crippen LogP contribution is -2.47. The summed E-state index contributed by atoms with van der Waals surface area (Å²) in [6, 6.07) is 4.49. The van der Waals surface area contributed by atoms with Crippen molar-refractivity contribution in [2.45, 2.75) is 26.8 Å². The van der Waals surface area contributed by atoms with E-state index in [2.05, 4.69) is 17.2 Å². The van der Waals surface area contributed by atoms with Gasteiger partial charge in [-0.1, -0.05) is 31.8 Å². The van der Waals surface area contributed by atoms with Crippen LogP contribution in [0.15, 0.2) is 18.2 Å². The van der Waals surface area contributed by atoms with Crippen LogP contribution < -0.4 is 16.8 Å². The van der Waals surface area contributed by atoms with E-state index in [4.69, 9.17) is 11.5 Å². The molecule has 5 heteroatoms. The zero-order valence-corrected chi connectivity index (χ0v) is 12.6. The quantitative estimate of drug-likeness (QED) is 0.705. The molecule has 5 N–H and O–H groups in total. The molecule has 2 amide bonds. The van der Waals surface area contributed by atoms with Crippen molar-refractivity contribution in [1.82, 2.24) is 5.32 Å². The second kappa shape index (κ2) is 7.46. The molecule has 0 radical (unpaired) electrons. The van der Waals surface area contributed by atoms with Crippen LogP contribution in [0.2, 0.25) is 0 Å². The van der Waals surface area contributed by atoms with Gasteiger partial charge in [-0.25, -0.2) is 0 Å². The Morgan fingerprint density at radius 3 is 2.52 bits per heavy atom. The molecule has 0 aromatic heterocycles. The predicted octanol–water partition coefficient (Wildman–Crippen LogP) is 0.545. The van der Waals surface area contributed by atoms with Crippen LogP contribution in [0.1, 0.15) is 35.3 Å². The Morgan fingerprint density at radius 1 is 1.33 bits per heavy atom. The average Bonchev–Trinajstić information content (AvgIpc) is 2.42. The number of amides is 2. The summed E-state index contributed by atoms with van der Waals surface area (Å²) < 4.78 is 0. The standard InChI is InChI=1S/C16H21N3O2/c1-10(2)14(15(18)20)19-16(21)13-7-6-11(3)12(9-13)5-4-8-17/h6-7,9-10,14H,8,17H2,1-3H3,(H2,18,20)(H,19,21). The van der Waals surface area contributed by atoms with Crippen LogP contribution in [-0.4, -0.2) is 24.4 Å². The van der Waals surface area contributed by atoms with Gasteiger partial charge in [0.1, 0.15) is 6.04 Å². The number of nitrogens with two attached hydrogens (primary N) is 2. The molecule has 1 rings (SSSR count). The van der Waals surface area contributed by atoms with Crippen molar-refractivity contribution in [1.29, 1.82) is 0 Å². The number of hydrogen-bond acceptors (Lipinski definition) is 3. The second-order valence-corrected chi connectivity index (χ2v) is 5.13. The van der Waals surface area contributed by atoms with Gasteiger partial charge in [0.25, 0.3) is 5.91 Å². The molecule has 1 aromatic carbocycles. The molecule has 21 heavy (non-hydrogen) atoms. The fourth-order valence-electron chi connectivity index (χ4n) is 1.84. The number of hydrogen-bond donors (Lipinski definition) is 3. The van der Waals surface area contributed by atoms with Crippen molar-refractivity contribution in [2.75, 3.05) is 6.54 Å². The van der Waals surface area contributed by atoms with Crippen molar-refractivity contribution < 1.29 is 9.59 Å². The van der Waals surface area contributed by atoms with Gasteiger partial charge in [-0.15, -0.1) is 0 Å². The number of primary amides is 1. The molecule has 1 aromatic rings. The van der Waals surface area contributed by atoms with Crippen LogP contribution in [0.25, 0.3) is 0 Å². The van der Waals surface area contributed by atoms with Gasteiger partial charge in [0.05, 0.1) is 6.54 Å². The van der Waals surface area contributed by atoms with Gasteiger partial charge in [-0.3, -0.25) is 9.59 Å². The van der Waals surface area contributed by atoms with Crippen LogP contribution in [-0.2, 0) is 4.79 Å². The van der Waals surface area contributed by atoms with E-state index in [1.165, 1.54) is 0 Å². The molecule has 0 spiro atoms. The maximum atomic E-state index is 12.2.